The molecule has 39 heavy (non-hydrogen) atoms. The molecule has 0 spiro atoms. The van der Waals surface area contributed by atoms with Gasteiger partial charge in [-0.1, -0.05) is 25.5 Å². The van der Waals surface area contributed by atoms with Crippen molar-refractivity contribution >= 4 is 17.0 Å². The van der Waals surface area contributed by atoms with Crippen molar-refractivity contribution in [3.8, 4) is 11.5 Å². The molecule has 1 aliphatic heterocycles. The van der Waals surface area contributed by atoms with E-state index in [-0.39, 0.29) is 30.3 Å². The van der Waals surface area contributed by atoms with Crippen LogP contribution in [0.2, 0.25) is 0 Å². The highest BCUT2D eigenvalue weighted by molar-refractivity contribution is 6.00. The zero-order valence-electron chi connectivity index (χ0n) is 22.3. The van der Waals surface area contributed by atoms with Crippen LogP contribution in [0.1, 0.15) is 54.0 Å². The van der Waals surface area contributed by atoms with Crippen LogP contribution in [0, 0.1) is 12.7 Å². The number of carbonyl (C=O) groups excluding carboxylic acids is 1. The maximum absolute atomic E-state index is 13.9. The van der Waals surface area contributed by atoms with Gasteiger partial charge in [-0.2, -0.15) is 0 Å². The lowest BCUT2D eigenvalue weighted by atomic mass is 10.0. The fourth-order valence-electron chi connectivity index (χ4n) is 4.81. The van der Waals surface area contributed by atoms with E-state index in [1.807, 2.05) is 24.6 Å². The molecule has 0 fully saturated rings. The van der Waals surface area contributed by atoms with Crippen molar-refractivity contribution in [1.29, 1.82) is 0 Å². The normalized spacial score (nSPS) is 14.3. The molecular weight excluding hydrogens is 503 g/mol. The van der Waals surface area contributed by atoms with Crippen LogP contribution in [0.3, 0.4) is 0 Å². The molecule has 4 aromatic rings. The highest BCUT2D eigenvalue weighted by atomic mass is 19.1. The number of imidazole rings is 1. The van der Waals surface area contributed by atoms with Crippen LogP contribution in [0.4, 0.5) is 4.39 Å². The number of esters is 1. The van der Waals surface area contributed by atoms with Crippen LogP contribution >= 0.6 is 0 Å². The van der Waals surface area contributed by atoms with Crippen molar-refractivity contribution in [3.05, 3.63) is 81.5 Å². The number of benzene rings is 1. The molecule has 0 saturated heterocycles. The third-order valence-corrected chi connectivity index (χ3v) is 6.78. The van der Waals surface area contributed by atoms with Gasteiger partial charge in [-0.25, -0.2) is 14.2 Å². The Hall–Kier alpha value is -4.21. The van der Waals surface area contributed by atoms with Crippen molar-refractivity contribution in [2.24, 2.45) is 0 Å². The van der Waals surface area contributed by atoms with Gasteiger partial charge >= 0.3 is 5.97 Å². The number of nitrogens with zero attached hydrogens (tertiary/aromatic N) is 4. The second-order valence-electron chi connectivity index (χ2n) is 9.52. The summed E-state index contributed by atoms with van der Waals surface area (Å²) >= 11 is 0. The maximum atomic E-state index is 13.9. The molecule has 9 nitrogen and oxygen atoms in total. The average molecular weight is 535 g/mol. The zero-order valence-corrected chi connectivity index (χ0v) is 22.3. The molecular formula is C29H31FN4O5. The van der Waals surface area contributed by atoms with Gasteiger partial charge in [-0.15, -0.1) is 0 Å². The highest BCUT2D eigenvalue weighted by Gasteiger charge is 2.33. The quantitative estimate of drug-likeness (QED) is 0.219. The van der Waals surface area contributed by atoms with E-state index < -0.39 is 17.6 Å². The first-order chi connectivity index (χ1) is 18.9. The Morgan fingerprint density at radius 2 is 2.00 bits per heavy atom. The Balaban J connectivity index is 1.69. The fraction of sp³-hybridized carbons (Fsp3) is 0.379. The van der Waals surface area contributed by atoms with Crippen molar-refractivity contribution in [1.82, 2.24) is 19.1 Å². The third kappa shape index (κ3) is 5.23. The van der Waals surface area contributed by atoms with Gasteiger partial charge in [-0.05, 0) is 38.0 Å². The molecule has 3 aromatic heterocycles. The number of hydrogen-bond acceptors (Lipinski definition) is 7. The zero-order chi connectivity index (χ0) is 27.5. The van der Waals surface area contributed by atoms with E-state index in [2.05, 4.69) is 9.97 Å². The Morgan fingerprint density at radius 3 is 2.69 bits per heavy atom. The summed E-state index contributed by atoms with van der Waals surface area (Å²) in [5.41, 5.74) is 1.76. The second kappa shape index (κ2) is 11.3. The molecule has 0 unspecified atom stereocenters. The van der Waals surface area contributed by atoms with Crippen molar-refractivity contribution in [2.45, 2.75) is 59.2 Å². The summed E-state index contributed by atoms with van der Waals surface area (Å²) < 4.78 is 34.9. The summed E-state index contributed by atoms with van der Waals surface area (Å²) in [5.74, 6) is 0.353. The minimum Gasteiger partial charge on any atom is -0.490 e. The maximum Gasteiger partial charge on any atom is 0.347 e. The summed E-state index contributed by atoms with van der Waals surface area (Å²) in [6.07, 6.45) is 6.84. The van der Waals surface area contributed by atoms with Gasteiger partial charge in [0.1, 0.15) is 28.8 Å². The van der Waals surface area contributed by atoms with E-state index >= 15 is 0 Å². The van der Waals surface area contributed by atoms with Gasteiger partial charge in [0.25, 0.3) is 5.56 Å². The van der Waals surface area contributed by atoms with Gasteiger partial charge < -0.3 is 18.8 Å². The number of carbonyl (C=O) groups is 1. The van der Waals surface area contributed by atoms with Gasteiger partial charge in [0.05, 0.1) is 26.3 Å². The summed E-state index contributed by atoms with van der Waals surface area (Å²) in [6.45, 7) is 6.69. The van der Waals surface area contributed by atoms with Crippen LogP contribution in [-0.2, 0) is 24.2 Å². The van der Waals surface area contributed by atoms with E-state index in [1.165, 1.54) is 12.1 Å². The molecule has 0 saturated carbocycles. The molecule has 1 aromatic carbocycles. The monoisotopic (exact) mass is 534 g/mol. The van der Waals surface area contributed by atoms with E-state index in [9.17, 15) is 14.0 Å². The third-order valence-electron chi connectivity index (χ3n) is 6.78. The van der Waals surface area contributed by atoms with Gasteiger partial charge in [0.15, 0.2) is 17.1 Å². The molecule has 0 radical (unpaired) electrons. The second-order valence-corrected chi connectivity index (χ2v) is 9.52. The van der Waals surface area contributed by atoms with Crippen LogP contribution in [0.15, 0.2) is 47.7 Å². The topological polar surface area (TPSA) is 97.5 Å². The number of halogens is 1. The molecule has 1 atom stereocenters. The van der Waals surface area contributed by atoms with E-state index in [4.69, 9.17) is 14.2 Å². The van der Waals surface area contributed by atoms with Gasteiger partial charge in [-0.3, -0.25) is 14.3 Å². The first kappa shape index (κ1) is 26.4. The molecule has 1 aliphatic rings. The molecule has 4 heterocycles. The first-order valence-electron chi connectivity index (χ1n) is 13.2. The fourth-order valence-corrected chi connectivity index (χ4v) is 4.81. The summed E-state index contributed by atoms with van der Waals surface area (Å²) in [4.78, 5) is 35.9. The SMILES string of the molecule is CCCCOc1c(C(=O)OCC)c(=O)n2c3c(c(Cc4ccc(F)cc4)cnc13)O[C@H](Cn1ccnc1C)C2. The standard InChI is InChI=1S/C29H31FN4O5/c1-4-6-13-38-27-23(29(36)37-5-2)28(35)34-17-22(16-33-12-11-31-18(33)3)39-26-20(15-32-24(27)25(26)34)14-19-7-9-21(30)10-8-19/h7-12,15,22H,4-6,13-14,16-17H2,1-3H3/t22-/m1/s1. The average Bonchev–Trinajstić information content (AvgIpc) is 3.33. The number of rotatable bonds is 10. The molecule has 10 heteroatoms. The van der Waals surface area contributed by atoms with Crippen molar-refractivity contribution in [3.63, 3.8) is 0 Å². The number of ether oxygens (including phenoxy) is 3. The van der Waals surface area contributed by atoms with Gasteiger partial charge in [0.2, 0.25) is 0 Å². The number of pyridine rings is 2. The predicted octanol–water partition coefficient (Wildman–Crippen LogP) is 4.45. The molecule has 0 bridgehead atoms. The van der Waals surface area contributed by atoms with Crippen LogP contribution in [0.5, 0.6) is 11.5 Å². The van der Waals surface area contributed by atoms with E-state index in [0.717, 1.165) is 29.8 Å². The van der Waals surface area contributed by atoms with Gasteiger partial charge in [0, 0.05) is 30.6 Å². The number of aryl methyl sites for hydroxylation is 1. The minimum atomic E-state index is -0.744. The molecule has 5 rings (SSSR count). The highest BCUT2D eigenvalue weighted by Crippen LogP contribution is 2.38. The number of hydrogen-bond donors (Lipinski definition) is 0. The lowest BCUT2D eigenvalue weighted by Crippen LogP contribution is -2.39. The molecule has 0 N–H and O–H groups in total. The lowest BCUT2D eigenvalue weighted by molar-refractivity contribution is 0.0517. The Bertz CT molecular complexity index is 1560. The Morgan fingerprint density at radius 1 is 1.21 bits per heavy atom. The molecule has 204 valence electrons. The van der Waals surface area contributed by atoms with Crippen LogP contribution in [0.25, 0.3) is 11.0 Å². The summed E-state index contributed by atoms with van der Waals surface area (Å²) in [5, 5.41) is 0. The van der Waals surface area contributed by atoms with Crippen LogP contribution < -0.4 is 15.0 Å². The summed E-state index contributed by atoms with van der Waals surface area (Å²) in [6, 6.07) is 6.22. The smallest absolute Gasteiger partial charge is 0.347 e. The van der Waals surface area contributed by atoms with E-state index in [1.54, 1.807) is 36.0 Å². The molecule has 0 aliphatic carbocycles. The molecule has 0 amide bonds. The van der Waals surface area contributed by atoms with E-state index in [0.29, 0.717) is 36.4 Å². The van der Waals surface area contributed by atoms with Crippen LogP contribution in [-0.4, -0.2) is 44.4 Å². The predicted molar refractivity (Wildman–Crippen MR) is 143 cm³/mol. The van der Waals surface area contributed by atoms with Crippen molar-refractivity contribution < 1.29 is 23.4 Å². The minimum absolute atomic E-state index is 0.111. The Labute approximate surface area is 225 Å². The lowest BCUT2D eigenvalue weighted by Gasteiger charge is -2.30. The number of aromatic nitrogens is 4. The Kier molecular flexibility index (Phi) is 7.63. The first-order valence-corrected chi connectivity index (χ1v) is 13.2. The largest absolute Gasteiger partial charge is 0.490 e. The number of unbranched alkanes of at least 4 members (excludes halogenated alkanes) is 1. The summed E-state index contributed by atoms with van der Waals surface area (Å²) in [7, 11) is 0. The van der Waals surface area contributed by atoms with Crippen molar-refractivity contribution in [2.75, 3.05) is 13.2 Å².